The Morgan fingerprint density at radius 2 is 1.84 bits per heavy atom. The van der Waals surface area contributed by atoms with Crippen molar-refractivity contribution in [3.05, 3.63) is 59.9 Å². The number of benzene rings is 2. The summed E-state index contributed by atoms with van der Waals surface area (Å²) >= 11 is 0. The minimum atomic E-state index is -3.52. The van der Waals surface area contributed by atoms with Crippen LogP contribution in [0.2, 0.25) is 0 Å². The summed E-state index contributed by atoms with van der Waals surface area (Å²) in [6, 6.07) is 15.3. The standard InChI is InChI=1S/C24H32N4O3S/c1-5-28-22-14-13-20(32(30,31)27(3)4)17-21(22)26-23(28)15-16-24(29)25-18(2)11-12-19-9-7-6-8-10-19/h6-10,13-14,17-18H,5,11-12,15-16H2,1-4H3,(H,25,29). The van der Waals surface area contributed by atoms with Crippen LogP contribution in [-0.2, 0) is 34.2 Å². The van der Waals surface area contributed by atoms with Crippen molar-refractivity contribution in [2.45, 2.75) is 57.0 Å². The number of aryl methyl sites for hydroxylation is 3. The molecular weight excluding hydrogens is 424 g/mol. The van der Waals surface area contributed by atoms with E-state index in [4.69, 9.17) is 0 Å². The van der Waals surface area contributed by atoms with E-state index in [2.05, 4.69) is 22.4 Å². The third kappa shape index (κ3) is 5.55. The van der Waals surface area contributed by atoms with Crippen molar-refractivity contribution in [1.29, 1.82) is 0 Å². The van der Waals surface area contributed by atoms with Gasteiger partial charge in [0.2, 0.25) is 15.9 Å². The van der Waals surface area contributed by atoms with Crippen LogP contribution in [-0.4, -0.2) is 48.3 Å². The summed E-state index contributed by atoms with van der Waals surface area (Å²) in [5.74, 6) is 0.783. The van der Waals surface area contributed by atoms with E-state index in [1.165, 1.54) is 24.0 Å². The normalized spacial score (nSPS) is 12.9. The second-order valence-corrected chi connectivity index (χ2v) is 10.4. The molecule has 1 atom stereocenters. The molecule has 0 aliphatic heterocycles. The number of sulfonamides is 1. The topological polar surface area (TPSA) is 84.3 Å². The molecule has 0 saturated heterocycles. The highest BCUT2D eigenvalue weighted by molar-refractivity contribution is 7.89. The predicted octanol–water partition coefficient (Wildman–Crippen LogP) is 3.38. The molecule has 7 nitrogen and oxygen atoms in total. The first kappa shape index (κ1) is 23.9. The highest BCUT2D eigenvalue weighted by atomic mass is 32.2. The second kappa shape index (κ2) is 10.3. The lowest BCUT2D eigenvalue weighted by Crippen LogP contribution is -2.33. The lowest BCUT2D eigenvalue weighted by Gasteiger charge is -2.14. The highest BCUT2D eigenvalue weighted by Gasteiger charge is 2.20. The van der Waals surface area contributed by atoms with Gasteiger partial charge in [-0.2, -0.15) is 0 Å². The molecule has 0 aliphatic carbocycles. The molecule has 0 aliphatic rings. The van der Waals surface area contributed by atoms with E-state index in [0.29, 0.717) is 24.9 Å². The van der Waals surface area contributed by atoms with Gasteiger partial charge in [-0.3, -0.25) is 4.79 Å². The second-order valence-electron chi connectivity index (χ2n) is 8.20. The first-order valence-corrected chi connectivity index (χ1v) is 12.4. The molecule has 0 saturated carbocycles. The zero-order valence-corrected chi connectivity index (χ0v) is 20.0. The number of carbonyl (C=O) groups is 1. The predicted molar refractivity (Wildman–Crippen MR) is 127 cm³/mol. The van der Waals surface area contributed by atoms with E-state index in [0.717, 1.165) is 24.2 Å². The molecule has 1 heterocycles. The monoisotopic (exact) mass is 456 g/mol. The molecule has 1 aromatic heterocycles. The number of hydrogen-bond donors (Lipinski definition) is 1. The minimum Gasteiger partial charge on any atom is -0.354 e. The van der Waals surface area contributed by atoms with Crippen molar-refractivity contribution in [3.8, 4) is 0 Å². The Hall–Kier alpha value is -2.71. The van der Waals surface area contributed by atoms with Crippen LogP contribution in [0.1, 0.15) is 38.1 Å². The molecule has 3 aromatic rings. The lowest BCUT2D eigenvalue weighted by atomic mass is 10.1. The number of carbonyl (C=O) groups excluding carboxylic acids is 1. The van der Waals surface area contributed by atoms with Crippen LogP contribution in [0.3, 0.4) is 0 Å². The van der Waals surface area contributed by atoms with Crippen molar-refractivity contribution >= 4 is 27.0 Å². The fraction of sp³-hybridized carbons (Fsp3) is 0.417. The van der Waals surface area contributed by atoms with Crippen LogP contribution in [0.25, 0.3) is 11.0 Å². The quantitative estimate of drug-likeness (QED) is 0.507. The van der Waals surface area contributed by atoms with Crippen LogP contribution in [0.5, 0.6) is 0 Å². The molecular formula is C24H32N4O3S. The minimum absolute atomic E-state index is 0.00357. The lowest BCUT2D eigenvalue weighted by molar-refractivity contribution is -0.121. The van der Waals surface area contributed by atoms with Gasteiger partial charge >= 0.3 is 0 Å². The fourth-order valence-electron chi connectivity index (χ4n) is 3.75. The number of fused-ring (bicyclic) bond motifs is 1. The zero-order chi connectivity index (χ0) is 23.3. The molecule has 2 aromatic carbocycles. The van der Waals surface area contributed by atoms with Gasteiger partial charge in [-0.05, 0) is 50.5 Å². The van der Waals surface area contributed by atoms with Crippen LogP contribution in [0.15, 0.2) is 53.4 Å². The summed E-state index contributed by atoms with van der Waals surface area (Å²) < 4.78 is 28.1. The van der Waals surface area contributed by atoms with Gasteiger partial charge in [0, 0.05) is 39.5 Å². The molecule has 1 N–H and O–H groups in total. The van der Waals surface area contributed by atoms with E-state index < -0.39 is 10.0 Å². The Labute approximate surface area is 190 Å². The number of rotatable bonds is 10. The van der Waals surface area contributed by atoms with Gasteiger partial charge < -0.3 is 9.88 Å². The first-order chi connectivity index (χ1) is 15.2. The Bertz CT molecular complexity index is 1170. The highest BCUT2D eigenvalue weighted by Crippen LogP contribution is 2.22. The number of hydrogen-bond acceptors (Lipinski definition) is 4. The van der Waals surface area contributed by atoms with Gasteiger partial charge in [0.1, 0.15) is 5.82 Å². The van der Waals surface area contributed by atoms with E-state index in [1.807, 2.05) is 36.6 Å². The van der Waals surface area contributed by atoms with Gasteiger partial charge in [0.15, 0.2) is 0 Å². The van der Waals surface area contributed by atoms with Gasteiger partial charge in [0.05, 0.1) is 15.9 Å². The average molecular weight is 457 g/mol. The number of nitrogens with one attached hydrogen (secondary N) is 1. The van der Waals surface area contributed by atoms with Crippen LogP contribution in [0, 0.1) is 0 Å². The molecule has 3 rings (SSSR count). The van der Waals surface area contributed by atoms with Gasteiger partial charge in [-0.15, -0.1) is 0 Å². The molecule has 0 bridgehead atoms. The maximum Gasteiger partial charge on any atom is 0.242 e. The summed E-state index contributed by atoms with van der Waals surface area (Å²) in [6.45, 7) is 4.73. The maximum atomic E-state index is 12.5. The largest absolute Gasteiger partial charge is 0.354 e. The zero-order valence-electron chi connectivity index (χ0n) is 19.2. The van der Waals surface area contributed by atoms with Gasteiger partial charge in [-0.1, -0.05) is 30.3 Å². The summed E-state index contributed by atoms with van der Waals surface area (Å²) in [5, 5.41) is 3.07. The van der Waals surface area contributed by atoms with Crippen molar-refractivity contribution in [2.24, 2.45) is 0 Å². The van der Waals surface area contributed by atoms with E-state index in [-0.39, 0.29) is 16.8 Å². The summed E-state index contributed by atoms with van der Waals surface area (Å²) in [7, 11) is -0.506. The van der Waals surface area contributed by atoms with Crippen molar-refractivity contribution in [1.82, 2.24) is 19.2 Å². The SMILES string of the molecule is CCn1c(CCC(=O)NC(C)CCc2ccccc2)nc2cc(S(=O)(=O)N(C)C)ccc21. The first-order valence-electron chi connectivity index (χ1n) is 11.0. The van der Waals surface area contributed by atoms with Crippen LogP contribution >= 0.6 is 0 Å². The third-order valence-electron chi connectivity index (χ3n) is 5.59. The number of imidazole rings is 1. The van der Waals surface area contributed by atoms with Gasteiger partial charge in [-0.25, -0.2) is 17.7 Å². The third-order valence-corrected chi connectivity index (χ3v) is 7.40. The molecule has 0 spiro atoms. The van der Waals surface area contributed by atoms with Crippen LogP contribution < -0.4 is 5.32 Å². The molecule has 8 heteroatoms. The summed E-state index contributed by atoms with van der Waals surface area (Å²) in [5.41, 5.74) is 2.76. The maximum absolute atomic E-state index is 12.5. The molecule has 32 heavy (non-hydrogen) atoms. The number of aromatic nitrogens is 2. The Balaban J connectivity index is 1.64. The molecule has 0 fully saturated rings. The van der Waals surface area contributed by atoms with Crippen molar-refractivity contribution in [2.75, 3.05) is 14.1 Å². The molecule has 0 radical (unpaired) electrons. The van der Waals surface area contributed by atoms with Crippen molar-refractivity contribution < 1.29 is 13.2 Å². The summed E-state index contributed by atoms with van der Waals surface area (Å²) in [4.78, 5) is 17.3. The fourth-order valence-corrected chi connectivity index (χ4v) is 4.67. The Kier molecular flexibility index (Phi) is 7.69. The van der Waals surface area contributed by atoms with Crippen LogP contribution in [0.4, 0.5) is 0 Å². The molecule has 1 amide bonds. The summed E-state index contributed by atoms with van der Waals surface area (Å²) in [6.07, 6.45) is 2.63. The number of nitrogens with zero attached hydrogens (tertiary/aromatic N) is 3. The van der Waals surface area contributed by atoms with E-state index in [1.54, 1.807) is 18.2 Å². The Morgan fingerprint density at radius 3 is 2.50 bits per heavy atom. The number of amides is 1. The Morgan fingerprint density at radius 1 is 1.12 bits per heavy atom. The van der Waals surface area contributed by atoms with E-state index >= 15 is 0 Å². The van der Waals surface area contributed by atoms with Gasteiger partial charge in [0.25, 0.3) is 0 Å². The average Bonchev–Trinajstić information content (AvgIpc) is 3.13. The van der Waals surface area contributed by atoms with Crippen molar-refractivity contribution in [3.63, 3.8) is 0 Å². The molecule has 1 unspecified atom stereocenters. The molecule has 172 valence electrons. The smallest absolute Gasteiger partial charge is 0.242 e. The van der Waals surface area contributed by atoms with E-state index in [9.17, 15) is 13.2 Å².